The molecule has 0 fully saturated rings. The molecule has 0 saturated carbocycles. The van der Waals surface area contributed by atoms with E-state index in [2.05, 4.69) is 11.8 Å². The van der Waals surface area contributed by atoms with Gasteiger partial charge in [-0.3, -0.25) is 0 Å². The van der Waals surface area contributed by atoms with Crippen LogP contribution in [-0.4, -0.2) is 6.54 Å². The number of hydrogen-bond acceptors (Lipinski definition) is 3. The number of nitrogens with zero attached hydrogens (tertiary/aromatic N) is 1. The molecule has 0 saturated heterocycles. The lowest BCUT2D eigenvalue weighted by Crippen LogP contribution is -1.99. The zero-order valence-corrected chi connectivity index (χ0v) is 11.3. The van der Waals surface area contributed by atoms with Crippen LogP contribution in [0.25, 0.3) is 0 Å². The van der Waals surface area contributed by atoms with Crippen LogP contribution in [0.3, 0.4) is 0 Å². The predicted molar refractivity (Wildman–Crippen MR) is 77.8 cm³/mol. The smallest absolute Gasteiger partial charge is 0.129 e. The first-order valence-corrected chi connectivity index (χ1v) is 6.33. The third-order valence-electron chi connectivity index (χ3n) is 2.76. The molecule has 0 aromatic heterocycles. The van der Waals surface area contributed by atoms with Crippen LogP contribution >= 0.6 is 0 Å². The van der Waals surface area contributed by atoms with Crippen LogP contribution in [0.2, 0.25) is 0 Å². The van der Waals surface area contributed by atoms with E-state index in [9.17, 15) is 4.39 Å². The number of rotatable bonds is 3. The molecule has 0 bridgehead atoms. The van der Waals surface area contributed by atoms with Crippen LogP contribution in [0.15, 0.2) is 42.5 Å². The Balaban J connectivity index is 2.05. The molecule has 0 heterocycles. The molecule has 2 N–H and O–H groups in total. The van der Waals surface area contributed by atoms with E-state index in [4.69, 9.17) is 15.7 Å². The summed E-state index contributed by atoms with van der Waals surface area (Å²) < 4.78 is 19.1. The Morgan fingerprint density at radius 1 is 1.10 bits per heavy atom. The van der Waals surface area contributed by atoms with Gasteiger partial charge in [-0.05, 0) is 42.5 Å². The van der Waals surface area contributed by atoms with Gasteiger partial charge >= 0.3 is 0 Å². The summed E-state index contributed by atoms with van der Waals surface area (Å²) in [4.78, 5) is 0. The second-order valence-corrected chi connectivity index (χ2v) is 4.24. The van der Waals surface area contributed by atoms with Crippen molar-refractivity contribution in [2.24, 2.45) is 5.73 Å². The SMILES string of the molecule is N#Cc1ccc(F)c(COc2ccc(C#CCN)cc2)c1. The normalized spacial score (nSPS) is 9.38. The van der Waals surface area contributed by atoms with E-state index < -0.39 is 0 Å². The third kappa shape index (κ3) is 4.07. The summed E-state index contributed by atoms with van der Waals surface area (Å²) in [5.41, 5.74) is 6.89. The lowest BCUT2D eigenvalue weighted by atomic mass is 10.1. The quantitative estimate of drug-likeness (QED) is 0.879. The zero-order chi connectivity index (χ0) is 15.1. The summed E-state index contributed by atoms with van der Waals surface area (Å²) >= 11 is 0. The van der Waals surface area contributed by atoms with Gasteiger partial charge in [0.2, 0.25) is 0 Å². The number of nitrogens with two attached hydrogens (primary N) is 1. The van der Waals surface area contributed by atoms with Crippen LogP contribution < -0.4 is 10.5 Å². The second kappa shape index (κ2) is 7.09. The van der Waals surface area contributed by atoms with E-state index in [-0.39, 0.29) is 12.4 Å². The molecule has 0 amide bonds. The Labute approximate surface area is 122 Å². The molecular weight excluding hydrogens is 267 g/mol. The van der Waals surface area contributed by atoms with Gasteiger partial charge in [0.25, 0.3) is 0 Å². The number of benzene rings is 2. The highest BCUT2D eigenvalue weighted by Crippen LogP contribution is 2.16. The molecule has 0 atom stereocenters. The topological polar surface area (TPSA) is 59.0 Å². The van der Waals surface area contributed by atoms with Crippen LogP contribution in [0, 0.1) is 29.0 Å². The van der Waals surface area contributed by atoms with Crippen molar-refractivity contribution in [2.75, 3.05) is 6.54 Å². The molecule has 0 aliphatic carbocycles. The van der Waals surface area contributed by atoms with Gasteiger partial charge in [0.05, 0.1) is 18.2 Å². The lowest BCUT2D eigenvalue weighted by Gasteiger charge is -2.07. The highest BCUT2D eigenvalue weighted by atomic mass is 19.1. The monoisotopic (exact) mass is 280 g/mol. The first-order chi connectivity index (χ1) is 10.2. The van der Waals surface area contributed by atoms with E-state index in [1.807, 2.05) is 6.07 Å². The van der Waals surface area contributed by atoms with Crippen molar-refractivity contribution in [1.29, 1.82) is 5.26 Å². The summed E-state index contributed by atoms with van der Waals surface area (Å²) in [7, 11) is 0. The van der Waals surface area contributed by atoms with E-state index >= 15 is 0 Å². The first kappa shape index (κ1) is 14.6. The number of nitriles is 1. The predicted octanol–water partition coefficient (Wildman–Crippen LogP) is 2.59. The van der Waals surface area contributed by atoms with Gasteiger partial charge < -0.3 is 10.5 Å². The molecule has 21 heavy (non-hydrogen) atoms. The van der Waals surface area contributed by atoms with Gasteiger partial charge in [-0.1, -0.05) is 11.8 Å². The minimum Gasteiger partial charge on any atom is -0.489 e. The summed E-state index contributed by atoms with van der Waals surface area (Å²) in [5.74, 6) is 5.88. The fraction of sp³-hybridized carbons (Fsp3) is 0.118. The Kier molecular flexibility index (Phi) is 4.93. The molecule has 104 valence electrons. The average Bonchev–Trinajstić information content (AvgIpc) is 2.53. The minimum atomic E-state index is -0.389. The standard InChI is InChI=1S/C17H13FN2O/c18-17-8-5-14(11-20)10-15(17)12-21-16-6-3-13(4-7-16)2-1-9-19/h3-8,10H,9,12,19H2. The Morgan fingerprint density at radius 2 is 1.81 bits per heavy atom. The molecule has 0 radical (unpaired) electrons. The maximum absolute atomic E-state index is 13.6. The van der Waals surface area contributed by atoms with Gasteiger partial charge in [-0.15, -0.1) is 0 Å². The molecular formula is C17H13FN2O. The van der Waals surface area contributed by atoms with Gasteiger partial charge in [-0.2, -0.15) is 5.26 Å². The highest BCUT2D eigenvalue weighted by molar-refractivity contribution is 5.39. The maximum Gasteiger partial charge on any atom is 0.129 e. The Hall–Kier alpha value is -2.82. The summed E-state index contributed by atoms with van der Waals surface area (Å²) in [6.45, 7) is 0.377. The van der Waals surface area contributed by atoms with Crippen molar-refractivity contribution in [3.8, 4) is 23.7 Å². The van der Waals surface area contributed by atoms with Crippen molar-refractivity contribution < 1.29 is 9.13 Å². The van der Waals surface area contributed by atoms with Crippen molar-refractivity contribution in [3.05, 3.63) is 65.0 Å². The fourth-order valence-electron chi connectivity index (χ4n) is 1.70. The van der Waals surface area contributed by atoms with Crippen LogP contribution in [-0.2, 0) is 6.61 Å². The van der Waals surface area contributed by atoms with Crippen molar-refractivity contribution in [1.82, 2.24) is 0 Å². The molecule has 0 spiro atoms. The van der Waals surface area contributed by atoms with E-state index in [0.29, 0.717) is 23.4 Å². The van der Waals surface area contributed by atoms with Gasteiger partial charge in [-0.25, -0.2) is 4.39 Å². The fourth-order valence-corrected chi connectivity index (χ4v) is 1.70. The van der Waals surface area contributed by atoms with E-state index in [1.54, 1.807) is 24.3 Å². The molecule has 4 heteroatoms. The Morgan fingerprint density at radius 3 is 2.48 bits per heavy atom. The van der Waals surface area contributed by atoms with Crippen LogP contribution in [0.4, 0.5) is 4.39 Å². The summed E-state index contributed by atoms with van der Waals surface area (Å²) in [6, 6.07) is 13.3. The largest absolute Gasteiger partial charge is 0.489 e. The van der Waals surface area contributed by atoms with Crippen molar-refractivity contribution in [2.45, 2.75) is 6.61 Å². The minimum absolute atomic E-state index is 0.0647. The molecule has 2 rings (SSSR count). The third-order valence-corrected chi connectivity index (χ3v) is 2.76. The lowest BCUT2D eigenvalue weighted by molar-refractivity contribution is 0.300. The van der Waals surface area contributed by atoms with Crippen LogP contribution in [0.5, 0.6) is 5.75 Å². The van der Waals surface area contributed by atoms with Crippen LogP contribution in [0.1, 0.15) is 16.7 Å². The van der Waals surface area contributed by atoms with Gasteiger partial charge in [0, 0.05) is 11.1 Å². The molecule has 3 nitrogen and oxygen atoms in total. The molecule has 0 unspecified atom stereocenters. The van der Waals surface area contributed by atoms with Gasteiger partial charge in [0.15, 0.2) is 0 Å². The number of halogens is 1. The average molecular weight is 280 g/mol. The van der Waals surface area contributed by atoms with Gasteiger partial charge in [0.1, 0.15) is 18.2 Å². The molecule has 2 aromatic carbocycles. The zero-order valence-electron chi connectivity index (χ0n) is 11.3. The second-order valence-electron chi connectivity index (χ2n) is 4.24. The van der Waals surface area contributed by atoms with E-state index in [1.165, 1.54) is 18.2 Å². The summed E-state index contributed by atoms with van der Waals surface area (Å²) in [6.07, 6.45) is 0. The molecule has 2 aromatic rings. The molecule has 0 aliphatic heterocycles. The number of hydrogen-bond donors (Lipinski definition) is 1. The maximum atomic E-state index is 13.6. The van der Waals surface area contributed by atoms with Crippen molar-refractivity contribution >= 4 is 0 Å². The highest BCUT2D eigenvalue weighted by Gasteiger charge is 2.04. The first-order valence-electron chi connectivity index (χ1n) is 6.33. The Bertz CT molecular complexity index is 721. The van der Waals surface area contributed by atoms with Crippen molar-refractivity contribution in [3.63, 3.8) is 0 Å². The number of ether oxygens (including phenoxy) is 1. The molecule has 0 aliphatic rings. The summed E-state index contributed by atoms with van der Waals surface area (Å²) in [5, 5.41) is 8.80. The van der Waals surface area contributed by atoms with E-state index in [0.717, 1.165) is 5.56 Å².